The van der Waals surface area contributed by atoms with Gasteiger partial charge in [-0.25, -0.2) is 15.0 Å². The summed E-state index contributed by atoms with van der Waals surface area (Å²) in [5.41, 5.74) is 9.31. The van der Waals surface area contributed by atoms with Gasteiger partial charge in [-0.1, -0.05) is 194 Å². The number of benzene rings is 9. The normalized spacial score (nSPS) is 12.9. The molecule has 0 amide bonds. The van der Waals surface area contributed by atoms with Crippen molar-refractivity contribution in [1.29, 1.82) is 0 Å². The summed E-state index contributed by atoms with van der Waals surface area (Å²) in [7, 11) is 0. The average molecular weight is 815 g/mol. The molecule has 9 aromatic carbocycles. The Balaban J connectivity index is 1.07. The van der Waals surface area contributed by atoms with Crippen LogP contribution in [-0.2, 0) is 0 Å². The molecule has 12 aromatic rings. The molecule has 0 radical (unpaired) electrons. The number of hydrogen-bond acceptors (Lipinski definition) is 4. The number of hydrogen-bond donors (Lipinski definition) is 0. The van der Waals surface area contributed by atoms with E-state index in [4.69, 9.17) is 20.4 Å². The first-order chi connectivity index (χ1) is 33.2. The van der Waals surface area contributed by atoms with E-state index in [2.05, 4.69) is 91.0 Å². The number of rotatable bonds is 7. The van der Waals surface area contributed by atoms with Crippen LogP contribution in [-0.4, -0.2) is 19.5 Å². The van der Waals surface area contributed by atoms with Gasteiger partial charge in [0.2, 0.25) is 0 Å². The highest BCUT2D eigenvalue weighted by atomic mass is 32.1. The van der Waals surface area contributed by atoms with Crippen molar-refractivity contribution in [2.24, 2.45) is 0 Å². The molecular weight excluding hydrogens is 773 g/mol. The fourth-order valence-electron chi connectivity index (χ4n) is 8.45. The van der Waals surface area contributed by atoms with E-state index in [1.165, 1.54) is 32.3 Å². The maximum absolute atomic E-state index is 9.24. The highest BCUT2D eigenvalue weighted by molar-refractivity contribution is 7.26. The molecule has 290 valence electrons. The molecular formula is C57H36N4S. The van der Waals surface area contributed by atoms with Gasteiger partial charge >= 0.3 is 0 Å². The molecule has 0 N–H and O–H groups in total. The van der Waals surface area contributed by atoms with E-state index in [1.807, 2.05) is 78.9 Å². The van der Waals surface area contributed by atoms with Crippen molar-refractivity contribution in [3.05, 3.63) is 218 Å². The second-order valence-electron chi connectivity index (χ2n) is 15.1. The van der Waals surface area contributed by atoms with E-state index in [0.717, 1.165) is 44.5 Å². The predicted molar refractivity (Wildman–Crippen MR) is 260 cm³/mol. The Morgan fingerprint density at radius 2 is 0.871 bits per heavy atom. The molecule has 0 unspecified atom stereocenters. The number of nitrogens with zero attached hydrogens (tertiary/aromatic N) is 4. The van der Waals surface area contributed by atoms with E-state index in [9.17, 15) is 2.74 Å². The lowest BCUT2D eigenvalue weighted by Gasteiger charge is -2.16. The first-order valence-corrected chi connectivity index (χ1v) is 21.2. The molecule has 0 aliphatic rings. The Morgan fingerprint density at radius 1 is 0.371 bits per heavy atom. The fourth-order valence-corrected chi connectivity index (χ4v) is 9.69. The summed E-state index contributed by atoms with van der Waals surface area (Å²) >= 11 is 1.80. The third kappa shape index (κ3) is 6.18. The largest absolute Gasteiger partial charge is 0.309 e. The number of para-hydroxylation sites is 2. The predicted octanol–water partition coefficient (Wildman–Crippen LogP) is 15.3. The van der Waals surface area contributed by atoms with Gasteiger partial charge in [-0.3, -0.25) is 0 Å². The van der Waals surface area contributed by atoms with Crippen LogP contribution in [0.3, 0.4) is 0 Å². The van der Waals surface area contributed by atoms with Crippen molar-refractivity contribution in [2.45, 2.75) is 0 Å². The monoisotopic (exact) mass is 814 g/mol. The summed E-state index contributed by atoms with van der Waals surface area (Å²) in [6, 6.07) is 59.1. The van der Waals surface area contributed by atoms with Gasteiger partial charge < -0.3 is 4.57 Å². The van der Waals surface area contributed by atoms with Crippen LogP contribution >= 0.6 is 11.3 Å². The van der Waals surface area contributed by atoms with Crippen molar-refractivity contribution in [3.8, 4) is 73.2 Å². The minimum absolute atomic E-state index is 0.0392. The molecule has 0 spiro atoms. The first kappa shape index (κ1) is 30.1. The lowest BCUT2D eigenvalue weighted by atomic mass is 10.00. The van der Waals surface area contributed by atoms with Gasteiger partial charge in [-0.2, -0.15) is 0 Å². The Kier molecular flexibility index (Phi) is 7.25. The van der Waals surface area contributed by atoms with Crippen LogP contribution in [0.4, 0.5) is 0 Å². The van der Waals surface area contributed by atoms with Gasteiger partial charge in [-0.15, -0.1) is 11.3 Å². The molecule has 0 saturated carbocycles. The SMILES string of the molecule is [2H]c1cc([2H])c2c(c1[2H])c1c([2H])c([2H])cc([2H])c1n2-c1cc(-c2nc(-c3ccc(-c4ccccc4)cc3)nc(-c3ccc(-c4cccc5c4sc4ccccc45)cc3)n2)ccc1-c1ccccc1. The van der Waals surface area contributed by atoms with Crippen LogP contribution in [0.15, 0.2) is 218 Å². The van der Waals surface area contributed by atoms with E-state index in [0.29, 0.717) is 28.7 Å². The molecule has 5 heteroatoms. The minimum Gasteiger partial charge on any atom is -0.309 e. The van der Waals surface area contributed by atoms with Crippen LogP contribution in [0.2, 0.25) is 0 Å². The summed E-state index contributed by atoms with van der Waals surface area (Å²) in [4.78, 5) is 15.4. The van der Waals surface area contributed by atoms with E-state index in [-0.39, 0.29) is 58.1 Å². The van der Waals surface area contributed by atoms with Crippen molar-refractivity contribution in [1.82, 2.24) is 19.5 Å². The average Bonchev–Trinajstić information content (AvgIpc) is 3.96. The van der Waals surface area contributed by atoms with Crippen LogP contribution in [0.25, 0.3) is 115 Å². The molecule has 0 bridgehead atoms. The van der Waals surface area contributed by atoms with Gasteiger partial charge in [-0.05, 0) is 52.0 Å². The standard InChI is InChI=1S/C57H36N4S/c1-3-14-37(15-4-1)38-26-30-41(31-27-38)55-58-56(42-32-28-40(29-33-42)45-21-13-22-49-48-20-9-12-25-53(48)62-54(45)49)60-57(59-55)43-34-35-44(39-16-5-2-6-17-39)52(36-43)61-50-23-10-7-18-46(50)47-19-8-11-24-51(47)61/h1-36H/i7D,8D,18D,19D,23D,24D. The summed E-state index contributed by atoms with van der Waals surface area (Å²) < 4.78 is 58.0. The van der Waals surface area contributed by atoms with Gasteiger partial charge in [0.25, 0.3) is 0 Å². The summed E-state index contributed by atoms with van der Waals surface area (Å²) in [5, 5.41) is 2.85. The van der Waals surface area contributed by atoms with E-state index >= 15 is 0 Å². The Morgan fingerprint density at radius 3 is 1.53 bits per heavy atom. The third-order valence-electron chi connectivity index (χ3n) is 11.5. The summed E-state index contributed by atoms with van der Waals surface area (Å²) in [6.45, 7) is 0. The van der Waals surface area contributed by atoms with Gasteiger partial charge in [0, 0.05) is 53.2 Å². The molecule has 0 aliphatic heterocycles. The Bertz CT molecular complexity index is 3890. The number of thiophene rings is 1. The molecule has 0 atom stereocenters. The quantitative estimate of drug-likeness (QED) is 0.161. The second kappa shape index (κ2) is 14.9. The Labute approximate surface area is 371 Å². The molecule has 0 aliphatic carbocycles. The van der Waals surface area contributed by atoms with Crippen LogP contribution in [0, 0.1) is 0 Å². The highest BCUT2D eigenvalue weighted by Crippen LogP contribution is 2.41. The van der Waals surface area contributed by atoms with Gasteiger partial charge in [0.15, 0.2) is 17.5 Å². The van der Waals surface area contributed by atoms with E-state index < -0.39 is 0 Å². The van der Waals surface area contributed by atoms with Crippen LogP contribution in [0.1, 0.15) is 8.22 Å². The van der Waals surface area contributed by atoms with Crippen molar-refractivity contribution < 1.29 is 8.22 Å². The lowest BCUT2D eigenvalue weighted by molar-refractivity contribution is 1.07. The van der Waals surface area contributed by atoms with Crippen molar-refractivity contribution in [3.63, 3.8) is 0 Å². The zero-order valence-electron chi connectivity index (χ0n) is 39.0. The molecule has 12 rings (SSSR count). The van der Waals surface area contributed by atoms with Gasteiger partial charge in [0.05, 0.1) is 24.9 Å². The molecule has 0 fully saturated rings. The van der Waals surface area contributed by atoms with Crippen molar-refractivity contribution >= 4 is 53.3 Å². The summed E-state index contributed by atoms with van der Waals surface area (Å²) in [6.07, 6.45) is 0. The molecule has 0 saturated heterocycles. The zero-order chi connectivity index (χ0) is 46.2. The maximum Gasteiger partial charge on any atom is 0.164 e. The van der Waals surface area contributed by atoms with Gasteiger partial charge in [0.1, 0.15) is 0 Å². The van der Waals surface area contributed by atoms with Crippen LogP contribution < -0.4 is 0 Å². The number of aromatic nitrogens is 4. The number of fused-ring (bicyclic) bond motifs is 6. The second-order valence-corrected chi connectivity index (χ2v) is 16.2. The minimum atomic E-state index is -0.174. The van der Waals surface area contributed by atoms with E-state index in [1.54, 1.807) is 15.9 Å². The Hall–Kier alpha value is -7.99. The molecule has 62 heavy (non-hydrogen) atoms. The maximum atomic E-state index is 9.24. The molecule has 4 nitrogen and oxygen atoms in total. The first-order valence-electron chi connectivity index (χ1n) is 23.3. The highest BCUT2D eigenvalue weighted by Gasteiger charge is 2.19. The topological polar surface area (TPSA) is 43.6 Å². The summed E-state index contributed by atoms with van der Waals surface area (Å²) in [5.74, 6) is 1.33. The molecule has 3 aromatic heterocycles. The third-order valence-corrected chi connectivity index (χ3v) is 12.7. The zero-order valence-corrected chi connectivity index (χ0v) is 33.8. The smallest absolute Gasteiger partial charge is 0.164 e. The van der Waals surface area contributed by atoms with Crippen LogP contribution in [0.5, 0.6) is 0 Å². The fraction of sp³-hybridized carbons (Fsp3) is 0. The molecule has 3 heterocycles. The van der Waals surface area contributed by atoms with Crippen molar-refractivity contribution in [2.75, 3.05) is 0 Å². The lowest BCUT2D eigenvalue weighted by Crippen LogP contribution is -2.02.